The normalized spacial score (nSPS) is 10.4. The third-order valence-corrected chi connectivity index (χ3v) is 1.21. The SMILES string of the molecule is Cc1ccc(C=O)cc1.F[B-](F)(F)F.F[B-](F)(F)F.F[B-](F)(F)F.[KH]. The molecule has 0 amide bonds. The number of aryl methyl sites for hydroxylation is 1. The van der Waals surface area contributed by atoms with E-state index in [1.54, 1.807) is 0 Å². The van der Waals surface area contributed by atoms with Crippen LogP contribution in [0.25, 0.3) is 0 Å². The predicted octanol–water partition coefficient (Wildman–Crippen LogP) is 5.06. The van der Waals surface area contributed by atoms with Crippen molar-refractivity contribution in [2.45, 2.75) is 6.92 Å². The number of hydrogen-bond acceptors (Lipinski definition) is 1. The zero-order valence-electron chi connectivity index (χ0n) is 11.6. The second-order valence-corrected chi connectivity index (χ2v) is 3.51. The molecule has 0 aliphatic carbocycles. The fourth-order valence-corrected chi connectivity index (χ4v) is 0.645. The van der Waals surface area contributed by atoms with Crippen LogP contribution in [0, 0.1) is 6.92 Å². The molecule has 1 aromatic rings. The molecule has 0 spiro atoms. The van der Waals surface area contributed by atoms with E-state index in [2.05, 4.69) is 0 Å². The van der Waals surface area contributed by atoms with Gasteiger partial charge in [-0.3, -0.25) is 4.79 Å². The Morgan fingerprint density at radius 1 is 0.640 bits per heavy atom. The van der Waals surface area contributed by atoms with Crippen molar-refractivity contribution >= 4 is 79.4 Å². The van der Waals surface area contributed by atoms with Crippen LogP contribution in [0.3, 0.4) is 0 Å². The first-order chi connectivity index (χ1) is 10.3. The minimum absolute atomic E-state index is 0. The molecule has 0 saturated heterocycles. The molecule has 0 N–H and O–H groups in total. The van der Waals surface area contributed by atoms with Crippen LogP contribution < -0.4 is 0 Å². The van der Waals surface area contributed by atoms with E-state index in [0.29, 0.717) is 0 Å². The summed E-state index contributed by atoms with van der Waals surface area (Å²) in [6.07, 6.45) is 0.847. The van der Waals surface area contributed by atoms with Crippen molar-refractivity contribution in [3.63, 3.8) is 0 Å². The van der Waals surface area contributed by atoms with Crippen LogP contribution in [-0.2, 0) is 0 Å². The van der Waals surface area contributed by atoms with Gasteiger partial charge in [0, 0.05) is 5.56 Å². The number of carbonyl (C=O) groups is 1. The minimum atomic E-state index is -6.00. The van der Waals surface area contributed by atoms with E-state index in [4.69, 9.17) is 0 Å². The topological polar surface area (TPSA) is 17.1 Å². The molecule has 1 rings (SSSR count). The molecule has 1 nitrogen and oxygen atoms in total. The summed E-state index contributed by atoms with van der Waals surface area (Å²) in [6, 6.07) is 7.46. The van der Waals surface area contributed by atoms with Gasteiger partial charge in [-0.05, 0) is 6.92 Å². The Balaban J connectivity index is -0.000000122. The van der Waals surface area contributed by atoms with Crippen LogP contribution in [0.5, 0.6) is 0 Å². The van der Waals surface area contributed by atoms with Crippen molar-refractivity contribution in [3.8, 4) is 0 Å². The van der Waals surface area contributed by atoms with Gasteiger partial charge in [-0.15, -0.1) is 0 Å². The Hall–Kier alpha value is -0.119. The van der Waals surface area contributed by atoms with Gasteiger partial charge in [0.15, 0.2) is 0 Å². The maximum atomic E-state index is 10.1. The van der Waals surface area contributed by atoms with E-state index in [1.807, 2.05) is 31.2 Å². The Labute approximate surface area is 177 Å². The molecule has 1 aromatic carbocycles. The van der Waals surface area contributed by atoms with Crippen molar-refractivity contribution in [2.75, 3.05) is 0 Å². The Morgan fingerprint density at radius 3 is 1.00 bits per heavy atom. The second kappa shape index (κ2) is 15.0. The van der Waals surface area contributed by atoms with Gasteiger partial charge in [-0.2, -0.15) is 0 Å². The third-order valence-electron chi connectivity index (χ3n) is 1.21. The standard InChI is InChI=1S/C8H8O.3BF4.K.H/c1-7-2-4-8(6-9)5-3-7;3*2-1(3,4)5;;/h2-6H,1H3;;;;;/q;3*-1;;. The molecule has 0 bridgehead atoms. The van der Waals surface area contributed by atoms with Gasteiger partial charge in [0.25, 0.3) is 0 Å². The molecule has 0 aromatic heterocycles. The number of halogens is 12. The van der Waals surface area contributed by atoms with Crippen molar-refractivity contribution < 1.29 is 56.6 Å². The molecule has 25 heavy (non-hydrogen) atoms. The fourth-order valence-electron chi connectivity index (χ4n) is 0.645. The van der Waals surface area contributed by atoms with Gasteiger partial charge in [0.2, 0.25) is 0 Å². The number of carbonyl (C=O) groups excluding carboxylic acids is 1. The zero-order chi connectivity index (χ0) is 20.2. The maximum absolute atomic E-state index is 10.1. The fraction of sp³-hybridized carbons (Fsp3) is 0.125. The molecular weight excluding hydrogens is 412 g/mol. The van der Waals surface area contributed by atoms with Crippen LogP contribution in [0.2, 0.25) is 0 Å². The van der Waals surface area contributed by atoms with E-state index < -0.39 is 21.8 Å². The second-order valence-electron chi connectivity index (χ2n) is 3.51. The number of aldehydes is 1. The Bertz CT molecular complexity index is 397. The summed E-state index contributed by atoms with van der Waals surface area (Å²) in [5.41, 5.74) is 1.92. The summed E-state index contributed by atoms with van der Waals surface area (Å²) in [7, 11) is -18.0. The number of rotatable bonds is 1. The van der Waals surface area contributed by atoms with Gasteiger partial charge in [0.1, 0.15) is 6.29 Å². The predicted molar refractivity (Wildman–Crippen MR) is 74.3 cm³/mol. The molecular formula is C8H9B3F12KO-3. The molecule has 0 unspecified atom stereocenters. The summed E-state index contributed by atoms with van der Waals surface area (Å²) in [5, 5.41) is 0. The van der Waals surface area contributed by atoms with E-state index in [-0.39, 0.29) is 51.4 Å². The van der Waals surface area contributed by atoms with Crippen molar-refractivity contribution in [2.24, 2.45) is 0 Å². The first-order valence-electron chi connectivity index (χ1n) is 5.46. The molecule has 17 heteroatoms. The molecule has 0 saturated carbocycles. The van der Waals surface area contributed by atoms with Crippen molar-refractivity contribution in [1.29, 1.82) is 0 Å². The van der Waals surface area contributed by atoms with Crippen LogP contribution >= 0.6 is 0 Å². The van der Waals surface area contributed by atoms with Crippen LogP contribution in [0.4, 0.5) is 51.8 Å². The van der Waals surface area contributed by atoms with Gasteiger partial charge >= 0.3 is 73.1 Å². The summed E-state index contributed by atoms with van der Waals surface area (Å²) < 4.78 is 117. The third kappa shape index (κ3) is 81.0. The molecule has 144 valence electrons. The first kappa shape index (κ1) is 32.5. The average Bonchev–Trinajstić information content (AvgIpc) is 2.23. The molecule has 0 heterocycles. The van der Waals surface area contributed by atoms with Gasteiger partial charge in [0.05, 0.1) is 0 Å². The monoisotopic (exact) mass is 421 g/mol. The van der Waals surface area contributed by atoms with E-state index in [1.165, 1.54) is 5.56 Å². The number of benzene rings is 1. The van der Waals surface area contributed by atoms with Crippen molar-refractivity contribution in [3.05, 3.63) is 35.4 Å². The van der Waals surface area contributed by atoms with Crippen molar-refractivity contribution in [1.82, 2.24) is 0 Å². The summed E-state index contributed by atoms with van der Waals surface area (Å²) in [6.45, 7) is 1.99. The average molecular weight is 421 g/mol. The molecule has 0 atom stereocenters. The van der Waals surface area contributed by atoms with Gasteiger partial charge in [-0.25, -0.2) is 0 Å². The molecule has 0 aliphatic heterocycles. The van der Waals surface area contributed by atoms with E-state index in [0.717, 1.165) is 11.8 Å². The summed E-state index contributed by atoms with van der Waals surface area (Å²) in [4.78, 5) is 10.1. The first-order valence-corrected chi connectivity index (χ1v) is 5.46. The molecule has 0 aliphatic rings. The van der Waals surface area contributed by atoms with Gasteiger partial charge < -0.3 is 51.8 Å². The zero-order valence-corrected chi connectivity index (χ0v) is 11.6. The van der Waals surface area contributed by atoms with Gasteiger partial charge in [-0.1, -0.05) is 29.8 Å². The Morgan fingerprint density at radius 2 is 0.840 bits per heavy atom. The number of hydrogen-bond donors (Lipinski definition) is 0. The summed E-state index contributed by atoms with van der Waals surface area (Å²) >= 11 is 0. The molecule has 0 radical (unpaired) electrons. The van der Waals surface area contributed by atoms with Crippen LogP contribution in [0.1, 0.15) is 15.9 Å². The molecule has 0 fully saturated rings. The van der Waals surface area contributed by atoms with E-state index in [9.17, 15) is 56.6 Å². The Kier molecular flexibility index (Phi) is 19.5. The van der Waals surface area contributed by atoms with Crippen LogP contribution in [-0.4, -0.2) is 79.4 Å². The summed E-state index contributed by atoms with van der Waals surface area (Å²) in [5.74, 6) is 0. The van der Waals surface area contributed by atoms with Crippen LogP contribution in [0.15, 0.2) is 24.3 Å². The van der Waals surface area contributed by atoms with E-state index >= 15 is 0 Å². The quantitative estimate of drug-likeness (QED) is 0.353.